The lowest BCUT2D eigenvalue weighted by Gasteiger charge is -2.06. The van der Waals surface area contributed by atoms with E-state index < -0.39 is 9.84 Å². The van der Waals surface area contributed by atoms with Crippen LogP contribution in [0.1, 0.15) is 11.8 Å². The summed E-state index contributed by atoms with van der Waals surface area (Å²) in [5.74, 6) is -0.310. The van der Waals surface area contributed by atoms with Crippen molar-refractivity contribution in [3.63, 3.8) is 0 Å². The van der Waals surface area contributed by atoms with Gasteiger partial charge in [-0.25, -0.2) is 12.8 Å². The van der Waals surface area contributed by atoms with Crippen LogP contribution >= 0.6 is 11.3 Å². The molecule has 3 rings (SSSR count). The first-order valence-corrected chi connectivity index (χ1v) is 10.8. The maximum Gasteiger partial charge on any atom is 0.175 e. The van der Waals surface area contributed by atoms with Crippen LogP contribution in [0.2, 0.25) is 0 Å². The number of allylic oxidation sites excluding steroid dienone is 2. The van der Waals surface area contributed by atoms with Gasteiger partial charge in [0, 0.05) is 27.6 Å². The van der Waals surface area contributed by atoms with Crippen molar-refractivity contribution in [1.82, 2.24) is 0 Å². The van der Waals surface area contributed by atoms with Gasteiger partial charge in [0.25, 0.3) is 0 Å². The molecule has 27 heavy (non-hydrogen) atoms. The highest BCUT2D eigenvalue weighted by Gasteiger charge is 2.15. The lowest BCUT2D eigenvalue weighted by molar-refractivity contribution is 0.602. The Balaban J connectivity index is 2.17. The van der Waals surface area contributed by atoms with E-state index in [-0.39, 0.29) is 10.7 Å². The van der Waals surface area contributed by atoms with Crippen LogP contribution < -0.4 is 0 Å². The maximum atomic E-state index is 13.3. The molecule has 0 radical (unpaired) electrons. The first-order chi connectivity index (χ1) is 12.8. The van der Waals surface area contributed by atoms with Crippen LogP contribution in [0.5, 0.6) is 0 Å². The smallest absolute Gasteiger partial charge is 0.175 e. The van der Waals surface area contributed by atoms with Crippen LogP contribution in [-0.2, 0) is 9.84 Å². The SMILES string of the molecule is CC(=CC#N)c1cc(-c2ccc(S(C)(=O)=O)cc2)c(-c2ccc(F)cc2)s1. The highest BCUT2D eigenvalue weighted by Crippen LogP contribution is 2.41. The molecule has 0 aliphatic carbocycles. The Kier molecular flexibility index (Phi) is 5.26. The van der Waals surface area contributed by atoms with Gasteiger partial charge in [0.1, 0.15) is 5.82 Å². The molecule has 0 saturated carbocycles. The second kappa shape index (κ2) is 7.47. The Morgan fingerprint density at radius 3 is 2.22 bits per heavy atom. The summed E-state index contributed by atoms with van der Waals surface area (Å²) < 4.78 is 36.7. The molecule has 1 heterocycles. The minimum absolute atomic E-state index is 0.255. The minimum atomic E-state index is -3.27. The van der Waals surface area contributed by atoms with E-state index in [2.05, 4.69) is 0 Å². The van der Waals surface area contributed by atoms with Crippen LogP contribution in [0.3, 0.4) is 0 Å². The van der Waals surface area contributed by atoms with Crippen molar-refractivity contribution in [3.8, 4) is 27.6 Å². The maximum absolute atomic E-state index is 13.3. The molecule has 0 saturated heterocycles. The summed E-state index contributed by atoms with van der Waals surface area (Å²) in [6.07, 6.45) is 2.65. The fourth-order valence-corrected chi connectivity index (χ4v) is 4.45. The van der Waals surface area contributed by atoms with E-state index in [9.17, 15) is 12.8 Å². The number of thiophene rings is 1. The highest BCUT2D eigenvalue weighted by atomic mass is 32.2. The van der Waals surface area contributed by atoms with Crippen molar-refractivity contribution >= 4 is 26.7 Å². The average Bonchev–Trinajstić information content (AvgIpc) is 3.07. The molecule has 0 bridgehead atoms. The summed E-state index contributed by atoms with van der Waals surface area (Å²) in [6, 6.07) is 16.9. The van der Waals surface area contributed by atoms with E-state index in [1.54, 1.807) is 36.4 Å². The van der Waals surface area contributed by atoms with Gasteiger partial charge < -0.3 is 0 Å². The second-order valence-corrected chi connectivity index (χ2v) is 9.18. The molecule has 0 unspecified atom stereocenters. The summed E-state index contributed by atoms with van der Waals surface area (Å²) in [6.45, 7) is 1.86. The van der Waals surface area contributed by atoms with Crippen molar-refractivity contribution in [3.05, 3.63) is 71.4 Å². The molecule has 0 atom stereocenters. The molecule has 136 valence electrons. The molecular formula is C21H16FNO2S2. The molecule has 6 heteroatoms. The zero-order valence-electron chi connectivity index (χ0n) is 14.7. The lowest BCUT2D eigenvalue weighted by Crippen LogP contribution is -1.96. The van der Waals surface area contributed by atoms with Crippen LogP contribution in [-0.4, -0.2) is 14.7 Å². The first kappa shape index (κ1) is 19.0. The highest BCUT2D eigenvalue weighted by molar-refractivity contribution is 7.90. The Morgan fingerprint density at radius 2 is 1.67 bits per heavy atom. The molecule has 0 amide bonds. The molecule has 0 aliphatic rings. The van der Waals surface area contributed by atoms with E-state index in [1.165, 1.54) is 35.8 Å². The molecular weight excluding hydrogens is 381 g/mol. The number of halogens is 1. The van der Waals surface area contributed by atoms with Gasteiger partial charge in [0.05, 0.1) is 11.0 Å². The summed E-state index contributed by atoms with van der Waals surface area (Å²) in [4.78, 5) is 2.12. The van der Waals surface area contributed by atoms with E-state index in [1.807, 2.05) is 19.1 Å². The molecule has 0 fully saturated rings. The van der Waals surface area contributed by atoms with Gasteiger partial charge in [-0.1, -0.05) is 24.3 Å². The molecule has 0 N–H and O–H groups in total. The third-order valence-electron chi connectivity index (χ3n) is 4.10. The van der Waals surface area contributed by atoms with E-state index in [0.29, 0.717) is 0 Å². The fourth-order valence-electron chi connectivity index (χ4n) is 2.67. The minimum Gasteiger partial charge on any atom is -0.224 e. The fraction of sp³-hybridized carbons (Fsp3) is 0.0952. The van der Waals surface area contributed by atoms with Gasteiger partial charge in [0.15, 0.2) is 9.84 Å². The van der Waals surface area contributed by atoms with Gasteiger partial charge in [-0.2, -0.15) is 5.26 Å². The molecule has 1 aromatic heterocycles. The topological polar surface area (TPSA) is 57.9 Å². The van der Waals surface area contributed by atoms with Gasteiger partial charge >= 0.3 is 0 Å². The number of rotatable bonds is 4. The molecule has 2 aromatic carbocycles. The van der Waals surface area contributed by atoms with Crippen molar-refractivity contribution in [2.45, 2.75) is 11.8 Å². The summed E-state index contributed by atoms with van der Waals surface area (Å²) >= 11 is 1.51. The number of sulfone groups is 1. The van der Waals surface area contributed by atoms with Crippen LogP contribution in [0.15, 0.2) is 65.6 Å². The monoisotopic (exact) mass is 397 g/mol. The van der Waals surface area contributed by atoms with Crippen molar-refractivity contribution in [1.29, 1.82) is 5.26 Å². The number of nitrogens with zero attached hydrogens (tertiary/aromatic N) is 1. The van der Waals surface area contributed by atoms with Crippen LogP contribution in [0.4, 0.5) is 4.39 Å². The number of hydrogen-bond acceptors (Lipinski definition) is 4. The van der Waals surface area contributed by atoms with Gasteiger partial charge in [-0.15, -0.1) is 11.3 Å². The standard InChI is InChI=1S/C21H16FNO2S2/c1-14(11-12-23)20-13-19(15-5-9-18(10-6-15)27(2,24)25)21(26-20)16-3-7-17(22)8-4-16/h3-11,13H,1-2H3. The quantitative estimate of drug-likeness (QED) is 0.542. The predicted molar refractivity (Wildman–Crippen MR) is 108 cm³/mol. The Bertz CT molecular complexity index is 1150. The van der Waals surface area contributed by atoms with E-state index in [0.717, 1.165) is 32.0 Å². The largest absolute Gasteiger partial charge is 0.224 e. The zero-order valence-corrected chi connectivity index (χ0v) is 16.4. The molecule has 3 nitrogen and oxygen atoms in total. The molecule has 0 aliphatic heterocycles. The van der Waals surface area contributed by atoms with Crippen LogP contribution in [0.25, 0.3) is 27.1 Å². The van der Waals surface area contributed by atoms with Gasteiger partial charge in [-0.05, 0) is 54.0 Å². The summed E-state index contributed by atoms with van der Waals surface area (Å²) in [5.41, 5.74) is 3.46. The third-order valence-corrected chi connectivity index (χ3v) is 6.55. The van der Waals surface area contributed by atoms with Crippen LogP contribution in [0, 0.1) is 17.1 Å². The summed E-state index contributed by atoms with van der Waals surface area (Å²) in [5, 5.41) is 8.93. The third kappa shape index (κ3) is 4.16. The molecule has 0 spiro atoms. The van der Waals surface area contributed by atoms with Crippen molar-refractivity contribution in [2.75, 3.05) is 6.26 Å². The normalized spacial score (nSPS) is 12.0. The van der Waals surface area contributed by atoms with E-state index >= 15 is 0 Å². The number of nitriles is 1. The van der Waals surface area contributed by atoms with Gasteiger partial charge in [-0.3, -0.25) is 0 Å². The predicted octanol–water partition coefficient (Wildman–Crippen LogP) is 5.55. The van der Waals surface area contributed by atoms with Crippen molar-refractivity contribution in [2.24, 2.45) is 0 Å². The Labute approximate surface area is 162 Å². The molecule has 3 aromatic rings. The zero-order chi connectivity index (χ0) is 19.6. The lowest BCUT2D eigenvalue weighted by atomic mass is 10.0. The Morgan fingerprint density at radius 1 is 1.07 bits per heavy atom. The van der Waals surface area contributed by atoms with Gasteiger partial charge in [0.2, 0.25) is 0 Å². The van der Waals surface area contributed by atoms with Crippen molar-refractivity contribution < 1.29 is 12.8 Å². The average molecular weight is 397 g/mol. The number of hydrogen-bond donors (Lipinski definition) is 0. The number of benzene rings is 2. The van der Waals surface area contributed by atoms with E-state index in [4.69, 9.17) is 5.26 Å². The second-order valence-electron chi connectivity index (χ2n) is 6.11. The first-order valence-electron chi connectivity index (χ1n) is 8.06. The summed E-state index contributed by atoms with van der Waals surface area (Å²) in [7, 11) is -3.27. The Hall–Kier alpha value is -2.75.